The Bertz CT molecular complexity index is 709. The number of piperidine rings is 1. The largest absolute Gasteiger partial charge is 0.363 e. The Kier molecular flexibility index (Phi) is 5.55. The van der Waals surface area contributed by atoms with Crippen molar-refractivity contribution in [2.45, 2.75) is 31.7 Å². The molecular formula is C16H22Cl2N4O. The van der Waals surface area contributed by atoms with Crippen LogP contribution < -0.4 is 11.1 Å². The number of carbonyl (C=O) groups excluding carboxylic acids is 1. The third-order valence-electron chi connectivity index (χ3n) is 4.98. The van der Waals surface area contributed by atoms with Crippen LogP contribution in [-0.2, 0) is 6.42 Å². The predicted octanol–water partition coefficient (Wildman–Crippen LogP) is 2.47. The SMILES string of the molecule is Cl.Cl.NC(=O)c1nc2cccc3c2n1C(C1CCNCC1)CC3. The van der Waals surface area contributed by atoms with Crippen molar-refractivity contribution in [3.8, 4) is 0 Å². The number of nitrogens with two attached hydrogens (primary N) is 1. The maximum atomic E-state index is 11.8. The van der Waals surface area contributed by atoms with Gasteiger partial charge in [0.15, 0.2) is 5.82 Å². The average molecular weight is 357 g/mol. The van der Waals surface area contributed by atoms with E-state index in [1.165, 1.54) is 5.56 Å². The van der Waals surface area contributed by atoms with E-state index in [9.17, 15) is 4.79 Å². The van der Waals surface area contributed by atoms with Crippen LogP contribution in [0.15, 0.2) is 18.2 Å². The number of aromatic nitrogens is 2. The lowest BCUT2D eigenvalue weighted by Gasteiger charge is -2.35. The van der Waals surface area contributed by atoms with Crippen molar-refractivity contribution in [2.75, 3.05) is 13.1 Å². The van der Waals surface area contributed by atoms with E-state index in [-0.39, 0.29) is 24.8 Å². The van der Waals surface area contributed by atoms with Gasteiger partial charge in [-0.3, -0.25) is 4.79 Å². The Morgan fingerprint density at radius 2 is 1.96 bits per heavy atom. The van der Waals surface area contributed by atoms with Crippen LogP contribution in [0, 0.1) is 5.92 Å². The number of imidazole rings is 1. The summed E-state index contributed by atoms with van der Waals surface area (Å²) in [7, 11) is 0. The summed E-state index contributed by atoms with van der Waals surface area (Å²) in [5, 5.41) is 3.41. The van der Waals surface area contributed by atoms with Crippen molar-refractivity contribution in [1.82, 2.24) is 14.9 Å². The van der Waals surface area contributed by atoms with Crippen LogP contribution in [0.4, 0.5) is 0 Å². The van der Waals surface area contributed by atoms with Gasteiger partial charge >= 0.3 is 0 Å². The Hall–Kier alpha value is -1.30. The zero-order valence-corrected chi connectivity index (χ0v) is 14.5. The fraction of sp³-hybridized carbons (Fsp3) is 0.500. The van der Waals surface area contributed by atoms with Gasteiger partial charge in [-0.2, -0.15) is 0 Å². The number of amides is 1. The van der Waals surface area contributed by atoms with Crippen LogP contribution in [0.3, 0.4) is 0 Å². The summed E-state index contributed by atoms with van der Waals surface area (Å²) in [6, 6.07) is 6.50. The molecule has 0 aliphatic carbocycles. The second kappa shape index (κ2) is 7.07. The Morgan fingerprint density at radius 1 is 1.22 bits per heavy atom. The van der Waals surface area contributed by atoms with Gasteiger partial charge < -0.3 is 15.6 Å². The molecule has 2 aromatic rings. The molecule has 5 nitrogen and oxygen atoms in total. The predicted molar refractivity (Wildman–Crippen MR) is 95.7 cm³/mol. The van der Waals surface area contributed by atoms with Gasteiger partial charge in [-0.15, -0.1) is 24.8 Å². The molecular weight excluding hydrogens is 335 g/mol. The van der Waals surface area contributed by atoms with E-state index in [0.29, 0.717) is 17.8 Å². The van der Waals surface area contributed by atoms with Crippen molar-refractivity contribution >= 4 is 41.8 Å². The molecule has 1 atom stereocenters. The molecule has 1 aromatic carbocycles. The quantitative estimate of drug-likeness (QED) is 0.867. The number of benzene rings is 1. The lowest BCUT2D eigenvalue weighted by atomic mass is 9.84. The van der Waals surface area contributed by atoms with Gasteiger partial charge in [0.1, 0.15) is 0 Å². The maximum Gasteiger partial charge on any atom is 0.284 e. The first kappa shape index (κ1) is 18.0. The highest BCUT2D eigenvalue weighted by Crippen LogP contribution is 2.39. The monoisotopic (exact) mass is 356 g/mol. The maximum absolute atomic E-state index is 11.8. The summed E-state index contributed by atoms with van der Waals surface area (Å²) in [5.41, 5.74) is 8.90. The van der Waals surface area contributed by atoms with Crippen molar-refractivity contribution in [3.63, 3.8) is 0 Å². The Balaban J connectivity index is 0.000000960. The summed E-state index contributed by atoms with van der Waals surface area (Å²) >= 11 is 0. The van der Waals surface area contributed by atoms with Gasteiger partial charge in [0.05, 0.1) is 11.0 Å². The van der Waals surface area contributed by atoms with Gasteiger partial charge in [-0.25, -0.2) is 4.98 Å². The zero-order chi connectivity index (χ0) is 14.4. The lowest BCUT2D eigenvalue weighted by molar-refractivity contribution is 0.0979. The molecule has 1 unspecified atom stereocenters. The van der Waals surface area contributed by atoms with Gasteiger partial charge in [-0.05, 0) is 56.3 Å². The fourth-order valence-corrected chi connectivity index (χ4v) is 4.03. The average Bonchev–Trinajstić information content (AvgIpc) is 2.91. The summed E-state index contributed by atoms with van der Waals surface area (Å²) < 4.78 is 2.15. The molecule has 1 aromatic heterocycles. The molecule has 126 valence electrons. The summed E-state index contributed by atoms with van der Waals surface area (Å²) in [5.74, 6) is 0.619. The lowest BCUT2D eigenvalue weighted by Crippen LogP contribution is -2.35. The molecule has 1 amide bonds. The summed E-state index contributed by atoms with van der Waals surface area (Å²) in [6.45, 7) is 2.12. The van der Waals surface area contributed by atoms with Crippen LogP contribution >= 0.6 is 24.8 Å². The minimum atomic E-state index is -0.419. The van der Waals surface area contributed by atoms with E-state index in [0.717, 1.165) is 49.8 Å². The Morgan fingerprint density at radius 3 is 2.65 bits per heavy atom. The van der Waals surface area contributed by atoms with E-state index in [4.69, 9.17) is 5.73 Å². The second-order valence-electron chi connectivity index (χ2n) is 6.15. The number of nitrogens with zero attached hydrogens (tertiary/aromatic N) is 2. The highest BCUT2D eigenvalue weighted by Gasteiger charge is 2.32. The van der Waals surface area contributed by atoms with Crippen LogP contribution in [-0.4, -0.2) is 28.5 Å². The Labute approximate surface area is 147 Å². The zero-order valence-electron chi connectivity index (χ0n) is 12.8. The van der Waals surface area contributed by atoms with Crippen LogP contribution in [0.5, 0.6) is 0 Å². The molecule has 0 bridgehead atoms. The molecule has 23 heavy (non-hydrogen) atoms. The number of hydrogen-bond donors (Lipinski definition) is 2. The van der Waals surface area contributed by atoms with Crippen LogP contribution in [0.2, 0.25) is 0 Å². The third-order valence-corrected chi connectivity index (χ3v) is 4.98. The van der Waals surface area contributed by atoms with E-state index < -0.39 is 5.91 Å². The molecule has 3 heterocycles. The first-order valence-electron chi connectivity index (χ1n) is 7.76. The number of rotatable bonds is 2. The summed E-state index contributed by atoms with van der Waals surface area (Å²) in [6.07, 6.45) is 4.46. The number of nitrogens with one attached hydrogen (secondary N) is 1. The third kappa shape index (κ3) is 2.93. The highest BCUT2D eigenvalue weighted by molar-refractivity contribution is 5.94. The molecule has 1 saturated heterocycles. The molecule has 0 radical (unpaired) electrons. The van der Waals surface area contributed by atoms with Gasteiger partial charge in [0, 0.05) is 6.04 Å². The van der Waals surface area contributed by atoms with Crippen molar-refractivity contribution in [3.05, 3.63) is 29.6 Å². The van der Waals surface area contributed by atoms with E-state index >= 15 is 0 Å². The first-order chi connectivity index (χ1) is 10.3. The second-order valence-corrected chi connectivity index (χ2v) is 6.15. The van der Waals surface area contributed by atoms with Crippen LogP contribution in [0.25, 0.3) is 11.0 Å². The smallest absolute Gasteiger partial charge is 0.284 e. The molecule has 2 aliphatic rings. The molecule has 2 aliphatic heterocycles. The van der Waals surface area contributed by atoms with Gasteiger partial charge in [0.2, 0.25) is 0 Å². The van der Waals surface area contributed by atoms with E-state index in [1.54, 1.807) is 0 Å². The number of primary amides is 1. The van der Waals surface area contributed by atoms with Crippen molar-refractivity contribution in [2.24, 2.45) is 11.7 Å². The number of aryl methyl sites for hydroxylation is 1. The van der Waals surface area contributed by atoms with Crippen molar-refractivity contribution in [1.29, 1.82) is 0 Å². The summed E-state index contributed by atoms with van der Waals surface area (Å²) in [4.78, 5) is 16.3. The molecule has 1 fully saturated rings. The topological polar surface area (TPSA) is 72.9 Å². The van der Waals surface area contributed by atoms with Crippen LogP contribution in [0.1, 0.15) is 41.5 Å². The number of para-hydroxylation sites is 1. The molecule has 0 saturated carbocycles. The highest BCUT2D eigenvalue weighted by atomic mass is 35.5. The van der Waals surface area contributed by atoms with E-state index in [1.807, 2.05) is 12.1 Å². The van der Waals surface area contributed by atoms with E-state index in [2.05, 4.69) is 20.9 Å². The number of hydrogen-bond acceptors (Lipinski definition) is 3. The fourth-order valence-electron chi connectivity index (χ4n) is 4.03. The standard InChI is InChI=1S/C16H20N4O.2ClH/c17-15(21)16-19-12-3-1-2-11-4-5-13(20(16)14(11)12)10-6-8-18-9-7-10;;/h1-3,10,13,18H,4-9H2,(H2,17,21);2*1H. The molecule has 4 rings (SSSR count). The first-order valence-corrected chi connectivity index (χ1v) is 7.76. The minimum absolute atomic E-state index is 0. The molecule has 3 N–H and O–H groups in total. The molecule has 0 spiro atoms. The molecule has 7 heteroatoms. The number of carbonyl (C=O) groups is 1. The minimum Gasteiger partial charge on any atom is -0.363 e. The number of halogens is 2. The van der Waals surface area contributed by atoms with Crippen molar-refractivity contribution < 1.29 is 4.79 Å². The van der Waals surface area contributed by atoms with Gasteiger partial charge in [-0.1, -0.05) is 12.1 Å². The van der Waals surface area contributed by atoms with Gasteiger partial charge in [0.25, 0.3) is 5.91 Å². The normalized spacial score (nSPS) is 20.6.